The fraction of sp³-hybridized carbons (Fsp3) is 0. The van der Waals surface area contributed by atoms with Crippen LogP contribution in [0.2, 0.25) is 0 Å². The van der Waals surface area contributed by atoms with Crippen LogP contribution in [-0.4, -0.2) is 42.1 Å². The summed E-state index contributed by atoms with van der Waals surface area (Å²) in [6.07, 6.45) is 0. The first-order valence-electron chi connectivity index (χ1n) is 0.408. The Bertz CT molecular complexity index is 35.9. The molecule has 0 spiro atoms. The van der Waals surface area contributed by atoms with Crippen molar-refractivity contribution in [3.63, 3.8) is 0 Å². The van der Waals surface area contributed by atoms with E-state index < -0.39 is 9.29 Å². The van der Waals surface area contributed by atoms with E-state index in [4.69, 9.17) is 8.92 Å². The number of hydrogen-bond acceptors (Lipinski definition) is 2. The second kappa shape index (κ2) is 26.5. The molecule has 2 N–H and O–H groups in total. The molecule has 0 fully saturated rings. The summed E-state index contributed by atoms with van der Waals surface area (Å²) in [5, 5.41) is 0. The van der Waals surface area contributed by atoms with E-state index in [-0.39, 0.29) is 85.6 Å². The van der Waals surface area contributed by atoms with Crippen LogP contribution >= 0.6 is 0 Å². The average Bonchev–Trinajstić information content (AvgIpc) is 0.918. The molecule has 0 aromatic heterocycles. The van der Waals surface area contributed by atoms with E-state index in [0.29, 0.717) is 0 Å². The van der Waals surface area contributed by atoms with Gasteiger partial charge in [-0.2, -0.15) is 0 Å². The van der Waals surface area contributed by atoms with E-state index in [1.54, 1.807) is 0 Å². The van der Waals surface area contributed by atoms with Crippen molar-refractivity contribution in [2.75, 3.05) is 0 Å². The third-order valence-corrected chi connectivity index (χ3v) is 0. The molecule has 0 amide bonds. The van der Waals surface area contributed by atoms with Crippen molar-refractivity contribution < 1.29 is 67.2 Å². The van der Waals surface area contributed by atoms with Gasteiger partial charge in [-0.05, 0) is 0 Å². The molecule has 0 bridgehead atoms. The summed E-state index contributed by atoms with van der Waals surface area (Å²) >= 11 is 0. The Labute approximate surface area is 102 Å². The Hall–Kier alpha value is 2.34. The quantitative estimate of drug-likeness (QED) is 0.417. The summed E-state index contributed by atoms with van der Waals surface area (Å²) in [6.45, 7) is 0. The minimum absolute atomic E-state index is 0. The third-order valence-electron chi connectivity index (χ3n) is 0. The Morgan fingerprint density at radius 3 is 1.33 bits per heavy atom. The van der Waals surface area contributed by atoms with Crippen molar-refractivity contribution in [3.8, 4) is 0 Å². The van der Waals surface area contributed by atoms with Crippen molar-refractivity contribution >= 4 is 36.6 Å². The topological polar surface area (TPSA) is 65.6 Å². The van der Waals surface area contributed by atoms with Gasteiger partial charge in [0.1, 0.15) is 0 Å². The minimum atomic E-state index is -1.42. The molecule has 6 heteroatoms. The van der Waals surface area contributed by atoms with Crippen LogP contribution in [0.25, 0.3) is 0 Å². The summed E-state index contributed by atoms with van der Waals surface area (Å²) in [6, 6.07) is 0. The number of rotatable bonds is 0. The Kier molecular flexibility index (Phi) is 105. The molecule has 0 aromatic rings. The molecule has 0 aliphatic heterocycles. The van der Waals surface area contributed by atoms with Gasteiger partial charge in [-0.1, -0.05) is 0 Å². The predicted molar refractivity (Wildman–Crippen MR) is 20.4 cm³/mol. The average molecular weight is 327 g/mol. The normalized spacial score (nSPS) is 1.33. The van der Waals surface area contributed by atoms with E-state index in [9.17, 15) is 0 Å². The van der Waals surface area contributed by atoms with Gasteiger partial charge in [-0.25, -0.2) is 0 Å². The fourth-order valence-electron chi connectivity index (χ4n) is 0. The molecule has 0 saturated heterocycles. The summed E-state index contributed by atoms with van der Waals surface area (Å²) in [7, 11) is -1.42. The van der Waals surface area contributed by atoms with Gasteiger partial charge in [-0.15, -0.1) is 0 Å². The van der Waals surface area contributed by atoms with E-state index in [1.807, 2.05) is 0 Å². The Morgan fingerprint density at radius 2 is 1.33 bits per heavy atom. The monoisotopic (exact) mass is 328 g/mol. The molecular formula is H5KO3PbSi. The van der Waals surface area contributed by atoms with Crippen LogP contribution < -0.4 is 51.4 Å². The summed E-state index contributed by atoms with van der Waals surface area (Å²) in [5.41, 5.74) is 0. The molecule has 0 aliphatic carbocycles. The molecule has 0 heterocycles. The first kappa shape index (κ1) is 23.9. The van der Waals surface area contributed by atoms with E-state index in [1.165, 1.54) is 0 Å². The van der Waals surface area contributed by atoms with Gasteiger partial charge in [0.25, 0.3) is 0 Å². The standard InChI is InChI=1S/K.O2Si.H2O.Pb.3H/c;1-3-2;;;;;/h;;1H2;;;;/q+1;;;;;;-1. The maximum absolute atomic E-state index is 8.40. The van der Waals surface area contributed by atoms with Crippen LogP contribution in [0.3, 0.4) is 0 Å². The number of hydrogen-bond donors (Lipinski definition) is 0. The second-order valence-electron chi connectivity index (χ2n) is 0.0833. The van der Waals surface area contributed by atoms with Gasteiger partial charge in [0.05, 0.1) is 0 Å². The molecular weight excluding hydrogens is 322 g/mol. The van der Waals surface area contributed by atoms with Crippen molar-refractivity contribution in [2.45, 2.75) is 0 Å². The van der Waals surface area contributed by atoms with Gasteiger partial charge in [-0.3, -0.25) is 8.92 Å². The molecule has 2 radical (unpaired) electrons. The SMILES string of the molecule is O.O=[Si]=O.[H-].[K+].[PbH2]. The Morgan fingerprint density at radius 1 is 1.33 bits per heavy atom. The van der Waals surface area contributed by atoms with E-state index >= 15 is 0 Å². The van der Waals surface area contributed by atoms with Crippen LogP contribution in [-0.2, 0) is 8.92 Å². The van der Waals surface area contributed by atoms with Crippen molar-refractivity contribution in [3.05, 3.63) is 0 Å². The van der Waals surface area contributed by atoms with Crippen LogP contribution in [0, 0.1) is 0 Å². The summed E-state index contributed by atoms with van der Waals surface area (Å²) in [5.74, 6) is 0. The zero-order chi connectivity index (χ0) is 2.71. The molecule has 3 nitrogen and oxygen atoms in total. The van der Waals surface area contributed by atoms with Crippen molar-refractivity contribution in [1.82, 2.24) is 0 Å². The van der Waals surface area contributed by atoms with Crippen LogP contribution in [0.4, 0.5) is 0 Å². The van der Waals surface area contributed by atoms with Crippen LogP contribution in [0.15, 0.2) is 0 Å². The van der Waals surface area contributed by atoms with Crippen LogP contribution in [0.5, 0.6) is 0 Å². The zero-order valence-corrected chi connectivity index (χ0v) is 13.1. The summed E-state index contributed by atoms with van der Waals surface area (Å²) in [4.78, 5) is 0. The zero-order valence-electron chi connectivity index (χ0n) is 4.52. The molecule has 0 unspecified atom stereocenters. The van der Waals surface area contributed by atoms with Gasteiger partial charge in [0.15, 0.2) is 0 Å². The molecule has 6 heavy (non-hydrogen) atoms. The van der Waals surface area contributed by atoms with Gasteiger partial charge in [0.2, 0.25) is 0 Å². The molecule has 0 atom stereocenters. The second-order valence-corrected chi connectivity index (χ2v) is 0.250. The van der Waals surface area contributed by atoms with E-state index in [2.05, 4.69) is 0 Å². The first-order valence-corrected chi connectivity index (χ1v) is 1.22. The van der Waals surface area contributed by atoms with Crippen LogP contribution in [0.1, 0.15) is 1.43 Å². The van der Waals surface area contributed by atoms with Gasteiger partial charge >= 0.3 is 88.0 Å². The predicted octanol–water partition coefficient (Wildman–Crippen LogP) is -5.24. The van der Waals surface area contributed by atoms with Crippen molar-refractivity contribution in [2.24, 2.45) is 0 Å². The molecule has 32 valence electrons. The molecule has 0 saturated carbocycles. The Balaban J connectivity index is -0.00000000333. The molecule has 0 aliphatic rings. The summed E-state index contributed by atoms with van der Waals surface area (Å²) < 4.78 is 16.8. The maximum atomic E-state index is 8.40. The molecule has 0 aromatic carbocycles. The third kappa shape index (κ3) is 33.1. The molecule has 0 rings (SSSR count). The van der Waals surface area contributed by atoms with Gasteiger partial charge < -0.3 is 6.90 Å². The first-order chi connectivity index (χ1) is 1.41. The van der Waals surface area contributed by atoms with E-state index in [0.717, 1.165) is 0 Å². The van der Waals surface area contributed by atoms with Gasteiger partial charge in [0, 0.05) is 0 Å². The fourth-order valence-corrected chi connectivity index (χ4v) is 0. The van der Waals surface area contributed by atoms with Crippen molar-refractivity contribution in [1.29, 1.82) is 0 Å².